The fourth-order valence-corrected chi connectivity index (χ4v) is 8.41. The molecule has 3 rings (SSSR count). The maximum Gasteiger partial charge on any atom is 0.315 e. The van der Waals surface area contributed by atoms with Crippen molar-refractivity contribution in [3.05, 3.63) is 0 Å². The number of carbonyl (C=O) groups is 5. The van der Waals surface area contributed by atoms with Crippen LogP contribution in [0.25, 0.3) is 0 Å². The summed E-state index contributed by atoms with van der Waals surface area (Å²) in [5.41, 5.74) is -1.71. The first-order valence-corrected chi connectivity index (χ1v) is 19.5. The number of amides is 5. The van der Waals surface area contributed by atoms with Crippen molar-refractivity contribution in [3.63, 3.8) is 0 Å². The lowest BCUT2D eigenvalue weighted by Crippen LogP contribution is -2.64. The lowest BCUT2D eigenvalue weighted by atomic mass is 9.83. The van der Waals surface area contributed by atoms with Crippen molar-refractivity contribution < 1.29 is 32.4 Å². The van der Waals surface area contributed by atoms with Crippen molar-refractivity contribution in [2.75, 3.05) is 12.3 Å². The summed E-state index contributed by atoms with van der Waals surface area (Å²) in [4.78, 5) is 69.3. The Morgan fingerprint density at radius 1 is 0.896 bits per heavy atom. The standard InChI is InChI=1S/C35H61N5O7S/c1-10-14-25(27(41)30(43)36-23-15-16-23)37-29(42)26-24(22(2)3)17-20-40(26)31(44)28(33(4,5)6)38-32(45)39-35(18-12-11-13-19-35)21-48(46,47)34(7,8)9/h22-26,28H,10-21H2,1-9H3,(H,36,43)(H,37,42)(H2,38,39,45)/t24?,25-,26-,28+/m0/s1. The molecule has 1 unspecified atom stereocenters. The van der Waals surface area contributed by atoms with Gasteiger partial charge >= 0.3 is 6.03 Å². The third-order valence-corrected chi connectivity index (χ3v) is 13.0. The molecule has 3 aliphatic rings. The molecule has 4 atom stereocenters. The highest BCUT2D eigenvalue weighted by atomic mass is 32.2. The number of nitrogens with zero attached hydrogens (tertiary/aromatic N) is 1. The topological polar surface area (TPSA) is 171 Å². The molecule has 48 heavy (non-hydrogen) atoms. The van der Waals surface area contributed by atoms with Crippen LogP contribution >= 0.6 is 0 Å². The van der Waals surface area contributed by atoms with Gasteiger partial charge in [-0.05, 0) is 76.5 Å². The molecule has 0 aromatic rings. The molecule has 3 fully saturated rings. The average Bonchev–Trinajstić information content (AvgIpc) is 3.66. The largest absolute Gasteiger partial charge is 0.347 e. The molecule has 274 valence electrons. The molecule has 1 saturated heterocycles. The zero-order valence-electron chi connectivity index (χ0n) is 30.7. The number of carbonyl (C=O) groups excluding carboxylic acids is 5. The molecular formula is C35H61N5O7S. The lowest BCUT2D eigenvalue weighted by Gasteiger charge is -2.41. The molecule has 12 nitrogen and oxygen atoms in total. The second kappa shape index (κ2) is 15.5. The van der Waals surface area contributed by atoms with Gasteiger partial charge in [0.05, 0.1) is 22.1 Å². The average molecular weight is 696 g/mol. The Bertz CT molecular complexity index is 1310. The van der Waals surface area contributed by atoms with E-state index in [9.17, 15) is 32.4 Å². The van der Waals surface area contributed by atoms with Crippen molar-refractivity contribution in [3.8, 4) is 0 Å². The van der Waals surface area contributed by atoms with E-state index in [0.29, 0.717) is 25.7 Å². The minimum atomic E-state index is -3.56. The first-order valence-electron chi connectivity index (χ1n) is 17.9. The van der Waals surface area contributed by atoms with Crippen LogP contribution < -0.4 is 21.3 Å². The molecule has 13 heteroatoms. The number of Topliss-reactive ketones (excluding diaryl/α,β-unsaturated/α-hetero) is 1. The molecule has 4 N–H and O–H groups in total. The summed E-state index contributed by atoms with van der Waals surface area (Å²) in [5, 5.41) is 11.4. The number of nitrogens with one attached hydrogen (secondary N) is 4. The molecule has 5 amide bonds. The van der Waals surface area contributed by atoms with Crippen molar-refractivity contribution in [1.29, 1.82) is 0 Å². The SMILES string of the molecule is CCC[C@H](NC(=O)[C@@H]1C(C(C)C)CCN1C(=O)[C@@H](NC(=O)NC1(CS(=O)(=O)C(C)(C)C)CCCCC1)C(C)(C)C)C(=O)C(=O)NC1CC1. The number of hydrogen-bond donors (Lipinski definition) is 4. The van der Waals surface area contributed by atoms with Crippen molar-refractivity contribution in [1.82, 2.24) is 26.2 Å². The summed E-state index contributed by atoms with van der Waals surface area (Å²) in [6.07, 6.45) is 6.64. The molecule has 0 spiro atoms. The quantitative estimate of drug-likeness (QED) is 0.213. The van der Waals surface area contributed by atoms with Crippen molar-refractivity contribution in [2.45, 2.75) is 161 Å². The molecule has 0 aromatic carbocycles. The van der Waals surface area contributed by atoms with E-state index in [0.717, 1.165) is 32.1 Å². The molecule has 0 bridgehead atoms. The van der Waals surface area contributed by atoms with E-state index in [1.54, 1.807) is 20.8 Å². The summed E-state index contributed by atoms with van der Waals surface area (Å²) >= 11 is 0. The van der Waals surface area contributed by atoms with Crippen LogP contribution in [0.4, 0.5) is 4.79 Å². The fraction of sp³-hybridized carbons (Fsp3) is 0.857. The van der Waals surface area contributed by atoms with E-state index < -0.39 is 73.2 Å². The van der Waals surface area contributed by atoms with Crippen LogP contribution in [-0.4, -0.2) is 89.6 Å². The molecular weight excluding hydrogens is 634 g/mol. The van der Waals surface area contributed by atoms with E-state index in [1.165, 1.54) is 4.90 Å². The van der Waals surface area contributed by atoms with Crippen LogP contribution in [0.1, 0.15) is 127 Å². The van der Waals surface area contributed by atoms with Gasteiger partial charge in [-0.3, -0.25) is 19.2 Å². The van der Waals surface area contributed by atoms with Crippen LogP contribution in [0.15, 0.2) is 0 Å². The normalized spacial score (nSPS) is 22.8. The van der Waals surface area contributed by atoms with Gasteiger partial charge in [0.2, 0.25) is 17.6 Å². The Balaban J connectivity index is 1.84. The first-order chi connectivity index (χ1) is 22.1. The number of urea groups is 1. The third kappa shape index (κ3) is 9.94. The fourth-order valence-electron chi connectivity index (χ4n) is 6.89. The Hall–Kier alpha value is -2.70. The number of rotatable bonds is 13. The summed E-state index contributed by atoms with van der Waals surface area (Å²) in [7, 11) is -3.56. The monoisotopic (exact) mass is 695 g/mol. The van der Waals surface area contributed by atoms with Gasteiger partial charge in [0, 0.05) is 12.6 Å². The molecule has 1 aliphatic heterocycles. The lowest BCUT2D eigenvalue weighted by molar-refractivity contribution is -0.145. The van der Waals surface area contributed by atoms with Crippen LogP contribution in [0.2, 0.25) is 0 Å². The number of hydrogen-bond acceptors (Lipinski definition) is 7. The maximum absolute atomic E-state index is 14.4. The Morgan fingerprint density at radius 3 is 2.00 bits per heavy atom. The molecule has 0 aromatic heterocycles. The summed E-state index contributed by atoms with van der Waals surface area (Å²) in [6.45, 7) is 16.6. The van der Waals surface area contributed by atoms with Crippen LogP contribution in [0.3, 0.4) is 0 Å². The highest BCUT2D eigenvalue weighted by Crippen LogP contribution is 2.35. The Kier molecular flexibility index (Phi) is 12.8. The summed E-state index contributed by atoms with van der Waals surface area (Å²) in [6, 6.07) is -3.55. The van der Waals surface area contributed by atoms with E-state index in [2.05, 4.69) is 21.3 Å². The highest BCUT2D eigenvalue weighted by molar-refractivity contribution is 7.92. The van der Waals surface area contributed by atoms with E-state index >= 15 is 0 Å². The minimum absolute atomic E-state index is 0.00242. The molecule has 0 radical (unpaired) electrons. The molecule has 1 heterocycles. The van der Waals surface area contributed by atoms with Crippen molar-refractivity contribution in [2.24, 2.45) is 17.3 Å². The molecule has 2 aliphatic carbocycles. The molecule has 2 saturated carbocycles. The predicted molar refractivity (Wildman–Crippen MR) is 186 cm³/mol. The van der Waals surface area contributed by atoms with Gasteiger partial charge in [-0.2, -0.15) is 0 Å². The van der Waals surface area contributed by atoms with Gasteiger partial charge in [-0.1, -0.05) is 67.2 Å². The zero-order chi connectivity index (χ0) is 36.2. The maximum atomic E-state index is 14.4. The van der Waals surface area contributed by atoms with Crippen LogP contribution in [0.5, 0.6) is 0 Å². The van der Waals surface area contributed by atoms with Crippen LogP contribution in [-0.2, 0) is 29.0 Å². The van der Waals surface area contributed by atoms with E-state index in [4.69, 9.17) is 0 Å². The number of likely N-dealkylation sites (tertiary alicyclic amines) is 1. The van der Waals surface area contributed by atoms with Crippen molar-refractivity contribution >= 4 is 39.4 Å². The third-order valence-electron chi connectivity index (χ3n) is 10.2. The first kappa shape index (κ1) is 39.7. The minimum Gasteiger partial charge on any atom is -0.347 e. The summed E-state index contributed by atoms with van der Waals surface area (Å²) < 4.78 is 25.6. The summed E-state index contributed by atoms with van der Waals surface area (Å²) in [5.74, 6) is -2.66. The highest BCUT2D eigenvalue weighted by Gasteiger charge is 2.49. The van der Waals surface area contributed by atoms with Gasteiger partial charge in [0.25, 0.3) is 5.91 Å². The predicted octanol–water partition coefficient (Wildman–Crippen LogP) is 3.62. The zero-order valence-corrected chi connectivity index (χ0v) is 31.5. The van der Waals surface area contributed by atoms with Gasteiger partial charge < -0.3 is 26.2 Å². The van der Waals surface area contributed by atoms with E-state index in [-0.39, 0.29) is 36.6 Å². The van der Waals surface area contributed by atoms with Gasteiger partial charge in [0.15, 0.2) is 9.84 Å². The smallest absolute Gasteiger partial charge is 0.315 e. The van der Waals surface area contributed by atoms with E-state index in [1.807, 2.05) is 41.5 Å². The Labute approximate surface area is 288 Å². The second-order valence-corrected chi connectivity index (χ2v) is 19.5. The van der Waals surface area contributed by atoms with Crippen LogP contribution in [0, 0.1) is 17.3 Å². The van der Waals surface area contributed by atoms with Gasteiger partial charge in [-0.15, -0.1) is 0 Å². The number of sulfone groups is 1. The second-order valence-electron chi connectivity index (χ2n) is 16.7. The Morgan fingerprint density at radius 2 is 1.50 bits per heavy atom. The van der Waals surface area contributed by atoms with Gasteiger partial charge in [-0.25, -0.2) is 13.2 Å². The number of ketones is 1. The van der Waals surface area contributed by atoms with Gasteiger partial charge in [0.1, 0.15) is 12.1 Å².